The second-order valence-corrected chi connectivity index (χ2v) is 5.01. The number of carbonyl (C=O) groups excluding carboxylic acids is 1. The number of hydrogen-bond donors (Lipinski definition) is 0. The first kappa shape index (κ1) is 11.5. The summed E-state index contributed by atoms with van der Waals surface area (Å²) in [6.45, 7) is 0.879. The molecule has 3 heteroatoms. The van der Waals surface area contributed by atoms with Gasteiger partial charge in [0, 0.05) is 24.4 Å². The molecule has 1 aromatic carbocycles. The molecule has 0 atom stereocenters. The van der Waals surface area contributed by atoms with Gasteiger partial charge in [0.15, 0.2) is 0 Å². The molecule has 0 N–H and O–H groups in total. The van der Waals surface area contributed by atoms with Gasteiger partial charge >= 0.3 is 0 Å². The van der Waals surface area contributed by atoms with Gasteiger partial charge in [-0.1, -0.05) is 18.2 Å². The Morgan fingerprint density at radius 3 is 3.06 bits per heavy atom. The van der Waals surface area contributed by atoms with Gasteiger partial charge in [0.25, 0.3) is 0 Å². The van der Waals surface area contributed by atoms with E-state index in [4.69, 9.17) is 0 Å². The summed E-state index contributed by atoms with van der Waals surface area (Å²) in [5, 5.41) is 0. The van der Waals surface area contributed by atoms with Gasteiger partial charge < -0.3 is 4.90 Å². The molecule has 1 heterocycles. The molecule has 1 aliphatic heterocycles. The second kappa shape index (κ2) is 5.39. The Morgan fingerprint density at radius 2 is 2.25 bits per heavy atom. The van der Waals surface area contributed by atoms with Gasteiger partial charge in [-0.05, 0) is 30.7 Å². The summed E-state index contributed by atoms with van der Waals surface area (Å²) in [6, 6.07) is 8.25. The number of fused-ring (bicyclic) bond motifs is 1. The molecule has 1 aromatic rings. The molecule has 0 aromatic heterocycles. The van der Waals surface area contributed by atoms with E-state index in [-0.39, 0.29) is 5.91 Å². The predicted octanol–water partition coefficient (Wildman–Crippen LogP) is 2.72. The molecule has 86 valence electrons. The number of thioether (sulfide) groups is 1. The number of nitrogens with zero attached hydrogens (tertiary/aromatic N) is 1. The molecule has 0 bridgehead atoms. The van der Waals surface area contributed by atoms with Gasteiger partial charge in [0.05, 0.1) is 0 Å². The molecule has 0 saturated heterocycles. The first-order valence-electron chi connectivity index (χ1n) is 5.70. The van der Waals surface area contributed by atoms with Crippen LogP contribution in [0.5, 0.6) is 0 Å². The number of benzene rings is 1. The lowest BCUT2D eigenvalue weighted by molar-refractivity contribution is -0.118. The van der Waals surface area contributed by atoms with Gasteiger partial charge in [-0.3, -0.25) is 4.79 Å². The summed E-state index contributed by atoms with van der Waals surface area (Å²) in [7, 11) is 0. The van der Waals surface area contributed by atoms with Crippen LogP contribution in [0.1, 0.15) is 18.4 Å². The fourth-order valence-corrected chi connectivity index (χ4v) is 2.50. The molecular weight excluding hydrogens is 218 g/mol. The van der Waals surface area contributed by atoms with Crippen molar-refractivity contribution in [1.82, 2.24) is 0 Å². The summed E-state index contributed by atoms with van der Waals surface area (Å²) in [4.78, 5) is 14.0. The number of para-hydroxylation sites is 1. The van der Waals surface area contributed by atoms with Crippen LogP contribution in [0, 0.1) is 0 Å². The molecule has 0 aliphatic carbocycles. The monoisotopic (exact) mass is 235 g/mol. The van der Waals surface area contributed by atoms with Gasteiger partial charge in [0.1, 0.15) is 0 Å². The molecule has 0 saturated carbocycles. The minimum absolute atomic E-state index is 0.265. The zero-order valence-electron chi connectivity index (χ0n) is 9.61. The lowest BCUT2D eigenvalue weighted by atomic mass is 10.0. The van der Waals surface area contributed by atoms with Crippen molar-refractivity contribution >= 4 is 23.4 Å². The van der Waals surface area contributed by atoms with Crippen molar-refractivity contribution in [2.45, 2.75) is 19.3 Å². The molecule has 0 unspecified atom stereocenters. The molecule has 0 radical (unpaired) electrons. The molecule has 1 amide bonds. The van der Waals surface area contributed by atoms with Gasteiger partial charge in [-0.2, -0.15) is 11.8 Å². The minimum atomic E-state index is 0.265. The summed E-state index contributed by atoms with van der Waals surface area (Å²) >= 11 is 1.73. The standard InChI is InChI=1S/C13H17NOS/c1-16-10-8-13(15)14-9-4-6-11-5-2-3-7-12(11)14/h2-3,5,7H,4,6,8-10H2,1H3. The van der Waals surface area contributed by atoms with Crippen LogP contribution in [-0.2, 0) is 11.2 Å². The van der Waals surface area contributed by atoms with Crippen LogP contribution in [-0.4, -0.2) is 24.5 Å². The first-order chi connectivity index (χ1) is 7.83. The highest BCUT2D eigenvalue weighted by atomic mass is 32.2. The van der Waals surface area contributed by atoms with Crippen molar-refractivity contribution in [2.24, 2.45) is 0 Å². The van der Waals surface area contributed by atoms with Crippen LogP contribution >= 0.6 is 11.8 Å². The molecule has 16 heavy (non-hydrogen) atoms. The van der Waals surface area contributed by atoms with Crippen LogP contribution in [0.3, 0.4) is 0 Å². The average Bonchev–Trinajstić information content (AvgIpc) is 2.35. The molecule has 1 aliphatic rings. The average molecular weight is 235 g/mol. The Bertz CT molecular complexity index is 378. The number of amides is 1. The lowest BCUT2D eigenvalue weighted by Gasteiger charge is -2.29. The Hall–Kier alpha value is -0.960. The third-order valence-corrected chi connectivity index (χ3v) is 3.54. The van der Waals surface area contributed by atoms with Crippen LogP contribution in [0.15, 0.2) is 24.3 Å². The Morgan fingerprint density at radius 1 is 1.44 bits per heavy atom. The molecule has 0 spiro atoms. The summed E-state index contributed by atoms with van der Waals surface area (Å²) in [6.07, 6.45) is 4.87. The van der Waals surface area contributed by atoms with E-state index < -0.39 is 0 Å². The third kappa shape index (κ3) is 2.40. The second-order valence-electron chi connectivity index (χ2n) is 4.02. The zero-order chi connectivity index (χ0) is 11.4. The van der Waals surface area contributed by atoms with Crippen molar-refractivity contribution in [3.05, 3.63) is 29.8 Å². The molecule has 0 fully saturated rings. The molecule has 2 rings (SSSR count). The highest BCUT2D eigenvalue weighted by Crippen LogP contribution is 2.27. The Kier molecular flexibility index (Phi) is 3.88. The number of rotatable bonds is 3. The smallest absolute Gasteiger partial charge is 0.227 e. The van der Waals surface area contributed by atoms with Crippen molar-refractivity contribution in [3.63, 3.8) is 0 Å². The SMILES string of the molecule is CSCCC(=O)N1CCCc2ccccc21. The van der Waals surface area contributed by atoms with Crippen LogP contribution < -0.4 is 4.90 Å². The topological polar surface area (TPSA) is 20.3 Å². The van der Waals surface area contributed by atoms with Gasteiger partial charge in [-0.15, -0.1) is 0 Å². The fourth-order valence-electron chi connectivity index (χ4n) is 2.12. The van der Waals surface area contributed by atoms with Crippen LogP contribution in [0.25, 0.3) is 0 Å². The summed E-state index contributed by atoms with van der Waals surface area (Å²) in [5.74, 6) is 1.18. The van der Waals surface area contributed by atoms with Crippen molar-refractivity contribution in [3.8, 4) is 0 Å². The van der Waals surface area contributed by atoms with Crippen LogP contribution in [0.2, 0.25) is 0 Å². The number of carbonyl (C=O) groups is 1. The normalized spacial score (nSPS) is 14.7. The maximum Gasteiger partial charge on any atom is 0.227 e. The van der Waals surface area contributed by atoms with E-state index in [1.165, 1.54) is 5.56 Å². The summed E-state index contributed by atoms with van der Waals surface area (Å²) < 4.78 is 0. The van der Waals surface area contributed by atoms with Crippen molar-refractivity contribution in [2.75, 3.05) is 23.5 Å². The third-order valence-electron chi connectivity index (χ3n) is 2.93. The first-order valence-corrected chi connectivity index (χ1v) is 7.09. The highest BCUT2D eigenvalue weighted by Gasteiger charge is 2.21. The molecular formula is C13H17NOS. The fraction of sp³-hybridized carbons (Fsp3) is 0.462. The zero-order valence-corrected chi connectivity index (χ0v) is 10.4. The number of anilines is 1. The van der Waals surface area contributed by atoms with Crippen molar-refractivity contribution in [1.29, 1.82) is 0 Å². The van der Waals surface area contributed by atoms with E-state index >= 15 is 0 Å². The van der Waals surface area contributed by atoms with Crippen molar-refractivity contribution < 1.29 is 4.79 Å². The Balaban J connectivity index is 2.15. The predicted molar refractivity (Wildman–Crippen MR) is 70.1 cm³/mol. The van der Waals surface area contributed by atoms with E-state index in [1.807, 2.05) is 17.2 Å². The maximum absolute atomic E-state index is 12.0. The summed E-state index contributed by atoms with van der Waals surface area (Å²) in [5.41, 5.74) is 2.44. The van der Waals surface area contributed by atoms with E-state index in [0.717, 1.165) is 30.8 Å². The van der Waals surface area contributed by atoms with E-state index in [9.17, 15) is 4.79 Å². The van der Waals surface area contributed by atoms with Crippen LogP contribution in [0.4, 0.5) is 5.69 Å². The van der Waals surface area contributed by atoms with Gasteiger partial charge in [-0.25, -0.2) is 0 Å². The maximum atomic E-state index is 12.0. The number of hydrogen-bond acceptors (Lipinski definition) is 2. The quantitative estimate of drug-likeness (QED) is 0.803. The van der Waals surface area contributed by atoms with Gasteiger partial charge in [0.2, 0.25) is 5.91 Å². The minimum Gasteiger partial charge on any atom is -0.312 e. The van der Waals surface area contributed by atoms with E-state index in [0.29, 0.717) is 6.42 Å². The highest BCUT2D eigenvalue weighted by molar-refractivity contribution is 7.98. The number of aryl methyl sites for hydroxylation is 1. The largest absolute Gasteiger partial charge is 0.312 e. The lowest BCUT2D eigenvalue weighted by Crippen LogP contribution is -2.35. The van der Waals surface area contributed by atoms with E-state index in [2.05, 4.69) is 18.2 Å². The Labute approximate surface area is 101 Å². The molecule has 2 nitrogen and oxygen atoms in total. The van der Waals surface area contributed by atoms with E-state index in [1.54, 1.807) is 11.8 Å².